The van der Waals surface area contributed by atoms with Gasteiger partial charge in [0.25, 0.3) is 0 Å². The van der Waals surface area contributed by atoms with Crippen LogP contribution in [-0.2, 0) is 13.1 Å². The Kier molecular flexibility index (Phi) is 16.4. The molecule has 0 aromatic heterocycles. The third-order valence-electron chi connectivity index (χ3n) is 10.1. The number of methoxy groups -OCH3 is 2. The number of nitrogens with zero attached hydrogens (tertiary/aromatic N) is 2. The van der Waals surface area contributed by atoms with E-state index < -0.39 is 0 Å². The molecule has 2 fully saturated rings. The Bertz CT molecular complexity index is 936. The third kappa shape index (κ3) is 12.3. The highest BCUT2D eigenvalue weighted by molar-refractivity contribution is 5.33. The average molecular weight is 607 g/mol. The van der Waals surface area contributed by atoms with Crippen LogP contribution < -0.4 is 20.1 Å². The summed E-state index contributed by atoms with van der Waals surface area (Å²) >= 11 is 0. The number of unbranched alkanes of at least 4 members (excludes halogenated alkanes) is 6. The van der Waals surface area contributed by atoms with Crippen molar-refractivity contribution in [2.75, 3.05) is 66.6 Å². The molecule has 2 aliphatic rings. The molecule has 246 valence electrons. The Labute approximate surface area is 269 Å². The van der Waals surface area contributed by atoms with Gasteiger partial charge in [-0.05, 0) is 128 Å². The zero-order chi connectivity index (χ0) is 30.7. The van der Waals surface area contributed by atoms with E-state index in [1.54, 1.807) is 14.2 Å². The van der Waals surface area contributed by atoms with Gasteiger partial charge in [-0.1, -0.05) is 62.1 Å². The minimum absolute atomic E-state index is 0.892. The average Bonchev–Trinajstić information content (AvgIpc) is 3.08. The molecule has 2 aliphatic heterocycles. The molecule has 2 N–H and O–H groups in total. The first-order valence-corrected chi connectivity index (χ1v) is 17.9. The van der Waals surface area contributed by atoms with E-state index in [1.165, 1.54) is 127 Å². The van der Waals surface area contributed by atoms with E-state index in [2.05, 4.69) is 44.7 Å². The highest BCUT2D eigenvalue weighted by Gasteiger charge is 2.29. The van der Waals surface area contributed by atoms with Gasteiger partial charge >= 0.3 is 0 Å². The summed E-state index contributed by atoms with van der Waals surface area (Å²) in [5, 5.41) is 7.17. The van der Waals surface area contributed by atoms with Gasteiger partial charge in [-0.3, -0.25) is 0 Å². The number of ether oxygens (including phenoxy) is 2. The molecule has 0 unspecified atom stereocenters. The summed E-state index contributed by atoms with van der Waals surface area (Å²) < 4.78 is 10.9. The van der Waals surface area contributed by atoms with Crippen LogP contribution in [0.3, 0.4) is 0 Å². The molecule has 0 amide bonds. The summed E-state index contributed by atoms with van der Waals surface area (Å²) in [6.45, 7) is 11.9. The lowest BCUT2D eigenvalue weighted by Gasteiger charge is -2.40. The molecule has 0 bridgehead atoms. The first kappa shape index (κ1) is 34.7. The number of hydrogen-bond acceptors (Lipinski definition) is 6. The molecule has 44 heavy (non-hydrogen) atoms. The summed E-state index contributed by atoms with van der Waals surface area (Å²) in [5.41, 5.74) is 2.49. The third-order valence-corrected chi connectivity index (χ3v) is 10.1. The molecule has 0 saturated carbocycles. The van der Waals surface area contributed by atoms with E-state index in [4.69, 9.17) is 9.47 Å². The van der Waals surface area contributed by atoms with Crippen LogP contribution in [0.1, 0.15) is 88.2 Å². The second kappa shape index (κ2) is 20.8. The van der Waals surface area contributed by atoms with Gasteiger partial charge < -0.3 is 29.9 Å². The van der Waals surface area contributed by atoms with E-state index >= 15 is 0 Å². The Morgan fingerprint density at radius 2 is 0.932 bits per heavy atom. The van der Waals surface area contributed by atoms with Crippen LogP contribution in [0.4, 0.5) is 0 Å². The van der Waals surface area contributed by atoms with Gasteiger partial charge in [0.1, 0.15) is 11.5 Å². The van der Waals surface area contributed by atoms with Crippen LogP contribution in [-0.4, -0.2) is 76.4 Å². The lowest BCUT2D eigenvalue weighted by atomic mass is 9.78. The fourth-order valence-electron chi connectivity index (χ4n) is 7.32. The topological polar surface area (TPSA) is 49.0 Å². The maximum Gasteiger partial charge on any atom is 0.123 e. The number of nitrogens with one attached hydrogen (secondary N) is 2. The van der Waals surface area contributed by atoms with E-state index in [0.29, 0.717) is 0 Å². The van der Waals surface area contributed by atoms with Crippen molar-refractivity contribution in [1.29, 1.82) is 0 Å². The molecule has 2 aromatic rings. The number of piperidine rings is 2. The van der Waals surface area contributed by atoms with Crippen molar-refractivity contribution in [3.63, 3.8) is 0 Å². The number of rotatable bonds is 21. The van der Waals surface area contributed by atoms with E-state index in [9.17, 15) is 0 Å². The van der Waals surface area contributed by atoms with Crippen LogP contribution in [0.25, 0.3) is 0 Å². The SMILES string of the molecule is COc1ccccc1CNCCCCCCN1CCC(C2CCN(CCCCCCNCc3ccccc3OC)CC2)CC1. The van der Waals surface area contributed by atoms with Gasteiger partial charge in [-0.15, -0.1) is 0 Å². The maximum absolute atomic E-state index is 5.45. The minimum Gasteiger partial charge on any atom is -0.496 e. The fourth-order valence-corrected chi connectivity index (χ4v) is 7.32. The largest absolute Gasteiger partial charge is 0.496 e. The van der Waals surface area contributed by atoms with Crippen molar-refractivity contribution in [1.82, 2.24) is 20.4 Å². The van der Waals surface area contributed by atoms with Crippen LogP contribution >= 0.6 is 0 Å². The molecule has 2 heterocycles. The van der Waals surface area contributed by atoms with Crippen molar-refractivity contribution in [3.05, 3.63) is 59.7 Å². The molecule has 4 rings (SSSR count). The number of hydrogen-bond donors (Lipinski definition) is 2. The highest BCUT2D eigenvalue weighted by atomic mass is 16.5. The lowest BCUT2D eigenvalue weighted by Crippen LogP contribution is -2.41. The van der Waals surface area contributed by atoms with Crippen LogP contribution in [0.5, 0.6) is 11.5 Å². The van der Waals surface area contributed by atoms with Crippen molar-refractivity contribution in [2.45, 2.75) is 90.1 Å². The summed E-state index contributed by atoms with van der Waals surface area (Å²) in [5.74, 6) is 3.92. The highest BCUT2D eigenvalue weighted by Crippen LogP contribution is 2.32. The van der Waals surface area contributed by atoms with Crippen molar-refractivity contribution in [3.8, 4) is 11.5 Å². The molecule has 2 saturated heterocycles. The summed E-state index contributed by atoms with van der Waals surface area (Å²) in [4.78, 5) is 5.50. The van der Waals surface area contributed by atoms with Crippen LogP contribution in [0.15, 0.2) is 48.5 Å². The molecular formula is C38H62N4O2. The molecule has 0 radical (unpaired) electrons. The van der Waals surface area contributed by atoms with E-state index in [-0.39, 0.29) is 0 Å². The second-order valence-corrected chi connectivity index (χ2v) is 13.2. The standard InChI is InChI=1S/C38H62N4O2/c1-43-37-17-9-7-15-35(37)31-39-23-11-3-5-13-25-41-27-19-33(20-28-41)34-21-29-42(30-22-34)26-14-6-4-12-24-40-32-36-16-8-10-18-38(36)44-2/h7-10,15-18,33-34,39-40H,3-6,11-14,19-32H2,1-2H3. The van der Waals surface area contributed by atoms with Crippen molar-refractivity contribution >= 4 is 0 Å². The van der Waals surface area contributed by atoms with Gasteiger partial charge in [0.2, 0.25) is 0 Å². The number of likely N-dealkylation sites (tertiary alicyclic amines) is 2. The van der Waals surface area contributed by atoms with Gasteiger partial charge in [-0.2, -0.15) is 0 Å². The molecule has 0 spiro atoms. The zero-order valence-corrected chi connectivity index (χ0v) is 28.0. The van der Waals surface area contributed by atoms with E-state index in [0.717, 1.165) is 49.5 Å². The lowest BCUT2D eigenvalue weighted by molar-refractivity contribution is 0.0948. The van der Waals surface area contributed by atoms with E-state index in [1.807, 2.05) is 24.3 Å². The summed E-state index contributed by atoms with van der Waals surface area (Å²) in [6.07, 6.45) is 16.3. The molecule has 2 aromatic carbocycles. The first-order chi connectivity index (χ1) is 21.8. The van der Waals surface area contributed by atoms with Gasteiger partial charge in [0.05, 0.1) is 14.2 Å². The molecule has 0 aliphatic carbocycles. The second-order valence-electron chi connectivity index (χ2n) is 13.2. The zero-order valence-electron chi connectivity index (χ0n) is 28.0. The van der Waals surface area contributed by atoms with Crippen molar-refractivity contribution in [2.24, 2.45) is 11.8 Å². The Balaban J connectivity index is 0.933. The predicted octanol–water partition coefficient (Wildman–Crippen LogP) is 7.13. The van der Waals surface area contributed by atoms with Gasteiger partial charge in [0.15, 0.2) is 0 Å². The molecule has 6 nitrogen and oxygen atoms in total. The smallest absolute Gasteiger partial charge is 0.123 e. The van der Waals surface area contributed by atoms with Crippen LogP contribution in [0.2, 0.25) is 0 Å². The maximum atomic E-state index is 5.45. The normalized spacial score (nSPS) is 17.2. The Morgan fingerprint density at radius 1 is 0.545 bits per heavy atom. The summed E-state index contributed by atoms with van der Waals surface area (Å²) in [6, 6.07) is 16.6. The number of benzene rings is 2. The molecule has 0 atom stereocenters. The quantitative estimate of drug-likeness (QED) is 0.148. The minimum atomic E-state index is 0.892. The Hall–Kier alpha value is -2.12. The fraction of sp³-hybridized carbons (Fsp3) is 0.684. The molecule has 6 heteroatoms. The number of para-hydroxylation sites is 2. The summed E-state index contributed by atoms with van der Waals surface area (Å²) in [7, 11) is 3.50. The Morgan fingerprint density at radius 3 is 1.34 bits per heavy atom. The predicted molar refractivity (Wildman–Crippen MR) is 185 cm³/mol. The monoisotopic (exact) mass is 606 g/mol. The molecular weight excluding hydrogens is 544 g/mol. The first-order valence-electron chi connectivity index (χ1n) is 17.9. The van der Waals surface area contributed by atoms with Crippen LogP contribution in [0, 0.1) is 11.8 Å². The van der Waals surface area contributed by atoms with Gasteiger partial charge in [-0.25, -0.2) is 0 Å². The van der Waals surface area contributed by atoms with Gasteiger partial charge in [0, 0.05) is 24.2 Å². The van der Waals surface area contributed by atoms with Crippen molar-refractivity contribution < 1.29 is 9.47 Å².